The molecule has 0 radical (unpaired) electrons. The lowest BCUT2D eigenvalue weighted by Gasteiger charge is -2.08. The molecule has 102 valence electrons. The monoisotopic (exact) mass is 295 g/mol. The Balaban J connectivity index is 2.42. The second kappa shape index (κ2) is 5.22. The molecule has 0 unspecified atom stereocenters. The van der Waals surface area contributed by atoms with Gasteiger partial charge in [-0.05, 0) is 24.3 Å². The summed E-state index contributed by atoms with van der Waals surface area (Å²) in [5, 5.41) is 8.67. The summed E-state index contributed by atoms with van der Waals surface area (Å²) in [5.41, 5.74) is -0.703. The maximum absolute atomic E-state index is 13.3. The Kier molecular flexibility index (Phi) is 3.63. The Hall–Kier alpha value is -2.53. The maximum atomic E-state index is 13.3. The fourth-order valence-electron chi connectivity index (χ4n) is 1.42. The SMILES string of the molecule is N#Cc1cc(S(=O)(=O)Nc2ccncc2F)ccc1F. The Bertz CT molecular complexity index is 801. The second-order valence-electron chi connectivity index (χ2n) is 3.71. The van der Waals surface area contributed by atoms with Crippen LogP contribution in [0.25, 0.3) is 0 Å². The molecule has 0 bridgehead atoms. The van der Waals surface area contributed by atoms with Crippen LogP contribution in [0.3, 0.4) is 0 Å². The third kappa shape index (κ3) is 2.73. The number of nitrogens with one attached hydrogen (secondary N) is 1. The first-order valence-electron chi connectivity index (χ1n) is 5.26. The van der Waals surface area contributed by atoms with Crippen LogP contribution in [-0.4, -0.2) is 13.4 Å². The van der Waals surface area contributed by atoms with Crippen molar-refractivity contribution in [2.24, 2.45) is 0 Å². The minimum absolute atomic E-state index is 0.289. The highest BCUT2D eigenvalue weighted by molar-refractivity contribution is 7.92. The van der Waals surface area contributed by atoms with Crippen molar-refractivity contribution in [1.29, 1.82) is 5.26 Å². The topological polar surface area (TPSA) is 82.8 Å². The van der Waals surface area contributed by atoms with Gasteiger partial charge in [0.05, 0.1) is 22.3 Å². The fraction of sp³-hybridized carbons (Fsp3) is 0. The Labute approximate surface area is 113 Å². The van der Waals surface area contributed by atoms with Crippen LogP contribution in [0.2, 0.25) is 0 Å². The van der Waals surface area contributed by atoms with E-state index in [0.29, 0.717) is 0 Å². The van der Waals surface area contributed by atoms with Crippen LogP contribution in [0.15, 0.2) is 41.6 Å². The molecule has 20 heavy (non-hydrogen) atoms. The highest BCUT2D eigenvalue weighted by Crippen LogP contribution is 2.19. The van der Waals surface area contributed by atoms with Gasteiger partial charge >= 0.3 is 0 Å². The van der Waals surface area contributed by atoms with Gasteiger partial charge in [-0.25, -0.2) is 17.2 Å². The minimum atomic E-state index is -4.12. The normalized spacial score (nSPS) is 10.8. The number of sulfonamides is 1. The molecule has 0 atom stereocenters. The zero-order chi connectivity index (χ0) is 14.8. The summed E-state index contributed by atoms with van der Waals surface area (Å²) >= 11 is 0. The van der Waals surface area contributed by atoms with Gasteiger partial charge in [0, 0.05) is 6.20 Å². The molecule has 1 aromatic heterocycles. The summed E-state index contributed by atoms with van der Waals surface area (Å²) in [6.07, 6.45) is 2.07. The van der Waals surface area contributed by atoms with E-state index in [1.54, 1.807) is 0 Å². The third-order valence-electron chi connectivity index (χ3n) is 2.39. The molecule has 0 saturated heterocycles. The Morgan fingerprint density at radius 3 is 2.60 bits per heavy atom. The zero-order valence-corrected chi connectivity index (χ0v) is 10.7. The van der Waals surface area contributed by atoms with Crippen LogP contribution in [0.5, 0.6) is 0 Å². The number of aromatic nitrogens is 1. The molecule has 2 rings (SSSR count). The minimum Gasteiger partial charge on any atom is -0.277 e. The predicted molar refractivity (Wildman–Crippen MR) is 66.1 cm³/mol. The van der Waals surface area contributed by atoms with E-state index in [1.165, 1.54) is 12.3 Å². The van der Waals surface area contributed by atoms with Crippen LogP contribution in [0.4, 0.5) is 14.5 Å². The quantitative estimate of drug-likeness (QED) is 0.939. The molecule has 2 aromatic rings. The summed E-state index contributed by atoms with van der Waals surface area (Å²) in [6, 6.07) is 5.38. The van der Waals surface area contributed by atoms with Crippen molar-refractivity contribution in [2.45, 2.75) is 4.90 Å². The van der Waals surface area contributed by atoms with Gasteiger partial charge < -0.3 is 0 Å². The molecule has 0 aliphatic heterocycles. The lowest BCUT2D eigenvalue weighted by molar-refractivity contribution is 0.596. The molecule has 0 amide bonds. The maximum Gasteiger partial charge on any atom is 0.262 e. The van der Waals surface area contributed by atoms with E-state index < -0.39 is 27.2 Å². The average molecular weight is 295 g/mol. The third-order valence-corrected chi connectivity index (χ3v) is 3.75. The standard InChI is InChI=1S/C12H7F2N3O2S/c13-10-2-1-9(5-8(10)6-15)20(18,19)17-12-3-4-16-7-11(12)14/h1-5,7H,(H,16,17). The number of anilines is 1. The number of nitriles is 1. The Morgan fingerprint density at radius 1 is 1.20 bits per heavy atom. The Morgan fingerprint density at radius 2 is 1.95 bits per heavy atom. The first-order valence-corrected chi connectivity index (χ1v) is 6.74. The van der Waals surface area contributed by atoms with Crippen LogP contribution in [0, 0.1) is 23.0 Å². The number of hydrogen-bond donors (Lipinski definition) is 1. The summed E-state index contributed by atoms with van der Waals surface area (Å²) in [7, 11) is -4.12. The van der Waals surface area contributed by atoms with Crippen molar-refractivity contribution in [2.75, 3.05) is 4.72 Å². The number of nitrogens with zero attached hydrogens (tertiary/aromatic N) is 2. The van der Waals surface area contributed by atoms with Gasteiger partial charge in [-0.2, -0.15) is 5.26 Å². The van der Waals surface area contributed by atoms with E-state index in [-0.39, 0.29) is 10.6 Å². The number of halogens is 2. The number of benzene rings is 1. The van der Waals surface area contributed by atoms with Crippen molar-refractivity contribution in [1.82, 2.24) is 4.98 Å². The van der Waals surface area contributed by atoms with E-state index in [0.717, 1.165) is 30.5 Å². The molecule has 0 spiro atoms. The molecule has 0 aliphatic carbocycles. The summed E-state index contributed by atoms with van der Waals surface area (Å²) in [5.74, 6) is -1.68. The van der Waals surface area contributed by atoms with Crippen LogP contribution in [0.1, 0.15) is 5.56 Å². The van der Waals surface area contributed by atoms with Crippen LogP contribution in [-0.2, 0) is 10.0 Å². The predicted octanol–water partition coefficient (Wildman–Crippen LogP) is 2.03. The van der Waals surface area contributed by atoms with Crippen molar-refractivity contribution in [3.63, 3.8) is 0 Å². The molecule has 8 heteroatoms. The summed E-state index contributed by atoms with van der Waals surface area (Å²) in [4.78, 5) is 3.14. The molecule has 0 aliphatic rings. The number of hydrogen-bond acceptors (Lipinski definition) is 4. The molecule has 1 heterocycles. The van der Waals surface area contributed by atoms with Gasteiger partial charge in [0.25, 0.3) is 10.0 Å². The lowest BCUT2D eigenvalue weighted by atomic mass is 10.2. The van der Waals surface area contributed by atoms with E-state index in [1.807, 2.05) is 4.72 Å². The smallest absolute Gasteiger partial charge is 0.262 e. The van der Waals surface area contributed by atoms with Crippen LogP contribution < -0.4 is 4.72 Å². The van der Waals surface area contributed by atoms with Crippen molar-refractivity contribution >= 4 is 15.7 Å². The van der Waals surface area contributed by atoms with Gasteiger partial charge in [-0.3, -0.25) is 9.71 Å². The number of rotatable bonds is 3. The van der Waals surface area contributed by atoms with Gasteiger partial charge in [0.1, 0.15) is 11.9 Å². The molecule has 1 N–H and O–H groups in total. The largest absolute Gasteiger partial charge is 0.277 e. The first kappa shape index (κ1) is 13.9. The first-order chi connectivity index (χ1) is 9.44. The molecule has 1 aromatic carbocycles. The van der Waals surface area contributed by atoms with E-state index in [9.17, 15) is 17.2 Å². The van der Waals surface area contributed by atoms with E-state index >= 15 is 0 Å². The van der Waals surface area contributed by atoms with Gasteiger partial charge in [0.15, 0.2) is 5.82 Å². The number of pyridine rings is 1. The van der Waals surface area contributed by atoms with Crippen molar-refractivity contribution in [3.8, 4) is 6.07 Å². The van der Waals surface area contributed by atoms with E-state index in [4.69, 9.17) is 5.26 Å². The fourth-order valence-corrected chi connectivity index (χ4v) is 2.51. The van der Waals surface area contributed by atoms with Gasteiger partial charge in [0.2, 0.25) is 0 Å². The van der Waals surface area contributed by atoms with Gasteiger partial charge in [-0.15, -0.1) is 0 Å². The summed E-state index contributed by atoms with van der Waals surface area (Å²) < 4.78 is 52.5. The lowest BCUT2D eigenvalue weighted by Crippen LogP contribution is -2.14. The second-order valence-corrected chi connectivity index (χ2v) is 5.40. The summed E-state index contributed by atoms with van der Waals surface area (Å²) in [6.45, 7) is 0. The van der Waals surface area contributed by atoms with Crippen LogP contribution >= 0.6 is 0 Å². The molecular formula is C12H7F2N3O2S. The van der Waals surface area contributed by atoms with E-state index in [2.05, 4.69) is 4.98 Å². The van der Waals surface area contributed by atoms with Crippen molar-refractivity contribution in [3.05, 3.63) is 53.9 Å². The highest BCUT2D eigenvalue weighted by atomic mass is 32.2. The van der Waals surface area contributed by atoms with Gasteiger partial charge in [-0.1, -0.05) is 0 Å². The molecule has 0 saturated carbocycles. The van der Waals surface area contributed by atoms with Crippen molar-refractivity contribution < 1.29 is 17.2 Å². The molecule has 0 fully saturated rings. The molecule has 5 nitrogen and oxygen atoms in total. The zero-order valence-electron chi connectivity index (χ0n) is 9.84. The molecular weight excluding hydrogens is 288 g/mol. The average Bonchev–Trinajstić information content (AvgIpc) is 2.41. The highest BCUT2D eigenvalue weighted by Gasteiger charge is 2.18.